The molecule has 2 heterocycles. The first-order valence-corrected chi connectivity index (χ1v) is 13.8. The lowest BCUT2D eigenvalue weighted by Crippen LogP contribution is -2.44. The number of benzene rings is 2. The van der Waals surface area contributed by atoms with E-state index in [4.69, 9.17) is 11.6 Å². The maximum Gasteiger partial charge on any atom is 0.251 e. The van der Waals surface area contributed by atoms with Crippen molar-refractivity contribution in [2.24, 2.45) is 5.92 Å². The second-order valence-corrected chi connectivity index (χ2v) is 12.4. The summed E-state index contributed by atoms with van der Waals surface area (Å²) in [5.74, 6) is -1.98. The predicted molar refractivity (Wildman–Crippen MR) is 147 cm³/mol. The van der Waals surface area contributed by atoms with E-state index in [1.54, 1.807) is 6.07 Å². The molecule has 2 fully saturated rings. The molecule has 2 aliphatic heterocycles. The van der Waals surface area contributed by atoms with Gasteiger partial charge in [0.15, 0.2) is 0 Å². The zero-order chi connectivity index (χ0) is 27.8. The quantitative estimate of drug-likeness (QED) is 0.503. The molecule has 38 heavy (non-hydrogen) atoms. The van der Waals surface area contributed by atoms with Crippen LogP contribution in [0.1, 0.15) is 80.8 Å². The van der Waals surface area contributed by atoms with Gasteiger partial charge < -0.3 is 10.2 Å². The summed E-state index contributed by atoms with van der Waals surface area (Å²) in [6.07, 6.45) is 1.45. The average Bonchev–Trinajstić information content (AvgIpc) is 3.29. The Hall–Kier alpha value is -2.51. The van der Waals surface area contributed by atoms with Crippen LogP contribution < -0.4 is 5.32 Å². The zero-order valence-corrected chi connectivity index (χ0v) is 23.6. The highest BCUT2D eigenvalue weighted by Crippen LogP contribution is 2.40. The second-order valence-electron chi connectivity index (χ2n) is 11.9. The van der Waals surface area contributed by atoms with Crippen LogP contribution in [-0.4, -0.2) is 59.4 Å². The van der Waals surface area contributed by atoms with Crippen molar-refractivity contribution in [1.29, 1.82) is 0 Å². The highest BCUT2D eigenvalue weighted by molar-refractivity contribution is 6.31. The summed E-state index contributed by atoms with van der Waals surface area (Å²) in [5.41, 5.74) is 1.75. The minimum Gasteiger partial charge on any atom is -0.350 e. The molecular weight excluding hydrogens is 508 g/mol. The van der Waals surface area contributed by atoms with E-state index in [1.807, 2.05) is 30.9 Å². The second kappa shape index (κ2) is 11.3. The number of nitrogens with one attached hydrogen (secondary N) is 1. The number of piperidine rings is 1. The Morgan fingerprint density at radius 2 is 1.66 bits per heavy atom. The van der Waals surface area contributed by atoms with E-state index in [1.165, 1.54) is 12.1 Å². The first-order valence-electron chi connectivity index (χ1n) is 13.4. The van der Waals surface area contributed by atoms with Crippen LogP contribution in [0.2, 0.25) is 5.02 Å². The Morgan fingerprint density at radius 3 is 2.26 bits per heavy atom. The molecule has 0 radical (unpaired) electrons. The van der Waals surface area contributed by atoms with Crippen molar-refractivity contribution in [2.75, 3.05) is 26.2 Å². The van der Waals surface area contributed by atoms with Crippen LogP contribution in [0.3, 0.4) is 0 Å². The van der Waals surface area contributed by atoms with Gasteiger partial charge in [-0.25, -0.2) is 8.78 Å². The van der Waals surface area contributed by atoms with Gasteiger partial charge in [0.25, 0.3) is 5.91 Å². The lowest BCUT2D eigenvalue weighted by atomic mass is 9.84. The number of halogens is 3. The minimum absolute atomic E-state index is 0.00626. The SMILES string of the molecule is CC(C)NC(=O)c1cc(Cl)ccc1C1CCN(C(=O)C2CN(C(C)(C)C)CC2c2ccc(F)cc2F)CC1. The van der Waals surface area contributed by atoms with Crippen molar-refractivity contribution in [1.82, 2.24) is 15.1 Å². The molecule has 0 bridgehead atoms. The Balaban J connectivity index is 1.51. The van der Waals surface area contributed by atoms with E-state index >= 15 is 0 Å². The number of amides is 2. The lowest BCUT2D eigenvalue weighted by Gasteiger charge is -2.35. The fourth-order valence-corrected chi connectivity index (χ4v) is 5.96. The lowest BCUT2D eigenvalue weighted by molar-refractivity contribution is -0.136. The van der Waals surface area contributed by atoms with Gasteiger partial charge in [0.05, 0.1) is 5.92 Å². The van der Waals surface area contributed by atoms with Gasteiger partial charge in [0.2, 0.25) is 5.91 Å². The first kappa shape index (κ1) is 28.5. The van der Waals surface area contributed by atoms with E-state index in [0.717, 1.165) is 24.5 Å². The van der Waals surface area contributed by atoms with Gasteiger partial charge >= 0.3 is 0 Å². The van der Waals surface area contributed by atoms with Gasteiger partial charge in [-0.15, -0.1) is 0 Å². The number of likely N-dealkylation sites (tertiary alicyclic amines) is 2. The van der Waals surface area contributed by atoms with Crippen LogP contribution in [0, 0.1) is 17.6 Å². The standard InChI is InChI=1S/C30H38ClF2N3O2/c1-18(2)34-28(37)24-14-20(31)6-8-22(24)19-10-12-35(13-11-19)29(38)26-17-36(30(3,4)5)16-25(26)23-9-7-21(32)15-27(23)33/h6-9,14-15,18-19,25-26H,10-13,16-17H2,1-5H3,(H,34,37). The molecule has 2 aromatic rings. The number of hydrogen-bond donors (Lipinski definition) is 1. The van der Waals surface area contributed by atoms with Crippen LogP contribution in [0.15, 0.2) is 36.4 Å². The van der Waals surface area contributed by atoms with Gasteiger partial charge in [0.1, 0.15) is 11.6 Å². The molecule has 4 rings (SSSR count). The molecule has 206 valence electrons. The zero-order valence-electron chi connectivity index (χ0n) is 22.9. The normalized spacial score (nSPS) is 21.2. The highest BCUT2D eigenvalue weighted by atomic mass is 35.5. The van der Waals surface area contributed by atoms with Crippen molar-refractivity contribution in [3.05, 3.63) is 69.7 Å². The van der Waals surface area contributed by atoms with E-state index in [0.29, 0.717) is 42.3 Å². The average molecular weight is 546 g/mol. The van der Waals surface area contributed by atoms with Gasteiger partial charge in [-0.2, -0.15) is 0 Å². The Morgan fingerprint density at radius 1 is 1.00 bits per heavy atom. The molecule has 5 nitrogen and oxygen atoms in total. The minimum atomic E-state index is -0.620. The molecule has 0 saturated carbocycles. The van der Waals surface area contributed by atoms with Crippen LogP contribution in [0.5, 0.6) is 0 Å². The molecule has 1 N–H and O–H groups in total. The summed E-state index contributed by atoms with van der Waals surface area (Å²) in [6, 6.07) is 9.11. The number of nitrogens with zero attached hydrogens (tertiary/aromatic N) is 2. The molecular formula is C30H38ClF2N3O2. The summed E-state index contributed by atoms with van der Waals surface area (Å²) in [7, 11) is 0. The maximum absolute atomic E-state index is 14.8. The molecule has 0 aliphatic carbocycles. The summed E-state index contributed by atoms with van der Waals surface area (Å²) >= 11 is 6.22. The number of carbonyl (C=O) groups is 2. The Kier molecular flexibility index (Phi) is 8.48. The fourth-order valence-electron chi connectivity index (χ4n) is 5.79. The molecule has 2 aromatic carbocycles. The third-order valence-electron chi connectivity index (χ3n) is 7.87. The van der Waals surface area contributed by atoms with Gasteiger partial charge in [-0.3, -0.25) is 14.5 Å². The number of carbonyl (C=O) groups excluding carboxylic acids is 2. The Bertz CT molecular complexity index is 1190. The smallest absolute Gasteiger partial charge is 0.251 e. The third-order valence-corrected chi connectivity index (χ3v) is 8.11. The molecule has 8 heteroatoms. The van der Waals surface area contributed by atoms with Crippen LogP contribution in [-0.2, 0) is 4.79 Å². The number of hydrogen-bond acceptors (Lipinski definition) is 3. The van der Waals surface area contributed by atoms with Crippen molar-refractivity contribution >= 4 is 23.4 Å². The highest BCUT2D eigenvalue weighted by Gasteiger charge is 2.44. The predicted octanol–water partition coefficient (Wildman–Crippen LogP) is 5.98. The fraction of sp³-hybridized carbons (Fsp3) is 0.533. The summed E-state index contributed by atoms with van der Waals surface area (Å²) in [6.45, 7) is 12.3. The van der Waals surface area contributed by atoms with E-state index < -0.39 is 17.6 Å². The topological polar surface area (TPSA) is 52.7 Å². The van der Waals surface area contributed by atoms with Crippen molar-refractivity contribution in [3.8, 4) is 0 Å². The van der Waals surface area contributed by atoms with Crippen molar-refractivity contribution in [2.45, 2.75) is 70.9 Å². The first-order chi connectivity index (χ1) is 17.8. The molecule has 0 aromatic heterocycles. The third kappa shape index (κ3) is 6.20. The molecule has 2 unspecified atom stereocenters. The molecule has 2 aliphatic rings. The van der Waals surface area contributed by atoms with Gasteiger partial charge in [-0.1, -0.05) is 23.7 Å². The van der Waals surface area contributed by atoms with Crippen molar-refractivity contribution < 1.29 is 18.4 Å². The molecule has 2 amide bonds. The van der Waals surface area contributed by atoms with Gasteiger partial charge in [-0.05, 0) is 82.7 Å². The monoisotopic (exact) mass is 545 g/mol. The van der Waals surface area contributed by atoms with Crippen molar-refractivity contribution in [3.63, 3.8) is 0 Å². The number of rotatable bonds is 5. The summed E-state index contributed by atoms with van der Waals surface area (Å²) < 4.78 is 28.5. The largest absolute Gasteiger partial charge is 0.350 e. The maximum atomic E-state index is 14.8. The van der Waals surface area contributed by atoms with E-state index in [2.05, 4.69) is 31.0 Å². The van der Waals surface area contributed by atoms with E-state index in [-0.39, 0.29) is 35.2 Å². The van der Waals surface area contributed by atoms with Crippen LogP contribution in [0.4, 0.5) is 8.78 Å². The van der Waals surface area contributed by atoms with E-state index in [9.17, 15) is 18.4 Å². The summed E-state index contributed by atoms with van der Waals surface area (Å²) in [5, 5.41) is 3.47. The molecule has 2 atom stereocenters. The molecule has 0 spiro atoms. The van der Waals surface area contributed by atoms with Gasteiger partial charge in [0, 0.05) is 60.3 Å². The molecule has 2 saturated heterocycles. The summed E-state index contributed by atoms with van der Waals surface area (Å²) in [4.78, 5) is 30.8. The van der Waals surface area contributed by atoms with Crippen LogP contribution >= 0.6 is 11.6 Å². The Labute approximate surface area is 229 Å². The van der Waals surface area contributed by atoms with Crippen LogP contribution in [0.25, 0.3) is 0 Å².